The predicted molar refractivity (Wildman–Crippen MR) is 78.1 cm³/mol. The van der Waals surface area contributed by atoms with Crippen molar-refractivity contribution in [3.63, 3.8) is 0 Å². The van der Waals surface area contributed by atoms with Crippen molar-refractivity contribution in [3.8, 4) is 21.3 Å². The maximum Gasteiger partial charge on any atom is 0.336 e. The van der Waals surface area contributed by atoms with E-state index in [1.54, 1.807) is 17.6 Å². The maximum absolute atomic E-state index is 10.9. The molecule has 20 heavy (non-hydrogen) atoms. The Balaban J connectivity index is 1.95. The molecule has 7 heteroatoms. The first-order chi connectivity index (χ1) is 9.63. The molecule has 100 valence electrons. The number of rotatable bonds is 3. The van der Waals surface area contributed by atoms with Crippen LogP contribution in [0.4, 0.5) is 0 Å². The number of aromatic nitrogens is 3. The van der Waals surface area contributed by atoms with Gasteiger partial charge < -0.3 is 5.11 Å². The smallest absolute Gasteiger partial charge is 0.336 e. The van der Waals surface area contributed by atoms with Crippen LogP contribution in [0.1, 0.15) is 16.2 Å². The lowest BCUT2D eigenvalue weighted by molar-refractivity contribution is 0.0697. The van der Waals surface area contributed by atoms with E-state index in [1.807, 2.05) is 18.4 Å². The van der Waals surface area contributed by atoms with E-state index < -0.39 is 5.97 Å². The number of nitrogens with zero attached hydrogens (tertiary/aromatic N) is 3. The number of aryl methyl sites for hydroxylation is 1. The summed E-state index contributed by atoms with van der Waals surface area (Å²) in [6.45, 7) is 1.83. The average molecular weight is 303 g/mol. The molecule has 3 aromatic rings. The number of thiophene rings is 1. The number of hydrogen-bond acceptors (Lipinski definition) is 6. The summed E-state index contributed by atoms with van der Waals surface area (Å²) < 4.78 is 0. The summed E-state index contributed by atoms with van der Waals surface area (Å²) in [6, 6.07) is 3.45. The molecule has 0 saturated heterocycles. The lowest BCUT2D eigenvalue weighted by atomic mass is 10.3. The molecule has 3 rings (SSSR count). The molecular formula is C13H9N3O2S2. The van der Waals surface area contributed by atoms with E-state index in [4.69, 9.17) is 5.11 Å². The van der Waals surface area contributed by atoms with Gasteiger partial charge in [0, 0.05) is 17.0 Å². The molecule has 1 N–H and O–H groups in total. The fourth-order valence-electron chi connectivity index (χ4n) is 1.66. The van der Waals surface area contributed by atoms with E-state index in [1.165, 1.54) is 22.7 Å². The highest BCUT2D eigenvalue weighted by atomic mass is 32.1. The van der Waals surface area contributed by atoms with Crippen LogP contribution in [-0.2, 0) is 0 Å². The van der Waals surface area contributed by atoms with Crippen LogP contribution in [0.25, 0.3) is 21.3 Å². The molecule has 0 fully saturated rings. The van der Waals surface area contributed by atoms with E-state index in [-0.39, 0.29) is 5.56 Å². The van der Waals surface area contributed by atoms with Gasteiger partial charge in [0.05, 0.1) is 16.1 Å². The summed E-state index contributed by atoms with van der Waals surface area (Å²) in [7, 11) is 0. The lowest BCUT2D eigenvalue weighted by Crippen LogP contribution is -1.91. The Hall–Kier alpha value is -2.12. The van der Waals surface area contributed by atoms with Crippen LogP contribution in [0.15, 0.2) is 29.1 Å². The van der Waals surface area contributed by atoms with E-state index in [0.717, 1.165) is 21.3 Å². The van der Waals surface area contributed by atoms with E-state index >= 15 is 0 Å². The number of hydrogen-bond donors (Lipinski definition) is 1. The Bertz CT molecular complexity index is 779. The molecule has 0 spiro atoms. The molecule has 0 unspecified atom stereocenters. The molecule has 0 aliphatic heterocycles. The van der Waals surface area contributed by atoms with Crippen molar-refractivity contribution in [2.45, 2.75) is 6.92 Å². The number of thiazole rings is 1. The SMILES string of the molecule is Cc1nccc(-c2nc(-c3cc(C(=O)O)cs3)cs2)n1. The normalized spacial score (nSPS) is 10.7. The molecule has 0 saturated carbocycles. The third kappa shape index (κ3) is 2.45. The predicted octanol–water partition coefficient (Wildman–Crippen LogP) is 3.34. The zero-order valence-electron chi connectivity index (χ0n) is 10.4. The topological polar surface area (TPSA) is 76.0 Å². The van der Waals surface area contributed by atoms with Gasteiger partial charge in [0.15, 0.2) is 0 Å². The summed E-state index contributed by atoms with van der Waals surface area (Å²) >= 11 is 2.85. The molecule has 5 nitrogen and oxygen atoms in total. The average Bonchev–Trinajstić information content (AvgIpc) is 3.08. The van der Waals surface area contributed by atoms with Crippen molar-refractivity contribution in [3.05, 3.63) is 40.5 Å². The van der Waals surface area contributed by atoms with Crippen LogP contribution in [0.5, 0.6) is 0 Å². The molecular weight excluding hydrogens is 294 g/mol. The Morgan fingerprint density at radius 3 is 2.75 bits per heavy atom. The van der Waals surface area contributed by atoms with Crippen LogP contribution in [-0.4, -0.2) is 26.0 Å². The Labute approximate surface area is 122 Å². The van der Waals surface area contributed by atoms with Crippen molar-refractivity contribution in [2.24, 2.45) is 0 Å². The number of carboxylic acid groups (broad SMARTS) is 1. The molecule has 0 aromatic carbocycles. The van der Waals surface area contributed by atoms with Crippen LogP contribution in [0.2, 0.25) is 0 Å². The van der Waals surface area contributed by atoms with E-state index in [9.17, 15) is 4.79 Å². The molecule has 0 amide bonds. The molecule has 0 radical (unpaired) electrons. The minimum Gasteiger partial charge on any atom is -0.478 e. The number of carbonyl (C=O) groups is 1. The van der Waals surface area contributed by atoms with Crippen LogP contribution in [0.3, 0.4) is 0 Å². The summed E-state index contributed by atoms with van der Waals surface area (Å²) in [5.74, 6) is -0.224. The quantitative estimate of drug-likeness (QED) is 0.803. The van der Waals surface area contributed by atoms with Gasteiger partial charge in [-0.1, -0.05) is 0 Å². The van der Waals surface area contributed by atoms with Gasteiger partial charge in [-0.3, -0.25) is 0 Å². The van der Waals surface area contributed by atoms with Crippen molar-refractivity contribution in [1.29, 1.82) is 0 Å². The second-order valence-electron chi connectivity index (χ2n) is 4.03. The van der Waals surface area contributed by atoms with Crippen LogP contribution < -0.4 is 0 Å². The van der Waals surface area contributed by atoms with Gasteiger partial charge in [-0.05, 0) is 19.1 Å². The fourth-order valence-corrected chi connectivity index (χ4v) is 3.37. The van der Waals surface area contributed by atoms with E-state index in [2.05, 4.69) is 15.0 Å². The summed E-state index contributed by atoms with van der Waals surface area (Å²) in [4.78, 5) is 24.6. The third-order valence-electron chi connectivity index (χ3n) is 2.60. The molecule has 0 bridgehead atoms. The third-order valence-corrected chi connectivity index (χ3v) is 4.42. The van der Waals surface area contributed by atoms with Gasteiger partial charge in [-0.15, -0.1) is 22.7 Å². The Kier molecular flexibility index (Phi) is 3.29. The summed E-state index contributed by atoms with van der Waals surface area (Å²) in [6.07, 6.45) is 1.70. The standard InChI is InChI=1S/C13H9N3O2S2/c1-7-14-3-2-9(15-7)12-16-10(6-20-12)11-4-8(5-19-11)13(17)18/h2-6H,1H3,(H,17,18). The van der Waals surface area contributed by atoms with Gasteiger partial charge in [0.2, 0.25) is 0 Å². The fraction of sp³-hybridized carbons (Fsp3) is 0.0769. The van der Waals surface area contributed by atoms with Gasteiger partial charge >= 0.3 is 5.97 Å². The highest BCUT2D eigenvalue weighted by Crippen LogP contribution is 2.31. The summed E-state index contributed by atoms with van der Waals surface area (Å²) in [5, 5.41) is 13.3. The van der Waals surface area contributed by atoms with Crippen molar-refractivity contribution >= 4 is 28.6 Å². The molecule has 0 atom stereocenters. The molecule has 3 aromatic heterocycles. The second-order valence-corrected chi connectivity index (χ2v) is 5.80. The minimum absolute atomic E-state index is 0.289. The first-order valence-corrected chi connectivity index (χ1v) is 7.47. The summed E-state index contributed by atoms with van der Waals surface area (Å²) in [5.41, 5.74) is 1.85. The minimum atomic E-state index is -0.922. The molecule has 3 heterocycles. The van der Waals surface area contributed by atoms with E-state index in [0.29, 0.717) is 5.82 Å². The maximum atomic E-state index is 10.9. The second kappa shape index (κ2) is 5.10. The highest BCUT2D eigenvalue weighted by molar-refractivity contribution is 7.15. The monoisotopic (exact) mass is 303 g/mol. The molecule has 0 aliphatic carbocycles. The highest BCUT2D eigenvalue weighted by Gasteiger charge is 2.12. The first-order valence-electron chi connectivity index (χ1n) is 5.71. The zero-order valence-corrected chi connectivity index (χ0v) is 12.0. The Morgan fingerprint density at radius 1 is 1.20 bits per heavy atom. The lowest BCUT2D eigenvalue weighted by Gasteiger charge is -1.95. The van der Waals surface area contributed by atoms with Gasteiger partial charge in [-0.2, -0.15) is 0 Å². The largest absolute Gasteiger partial charge is 0.478 e. The first kappa shape index (κ1) is 12.9. The zero-order chi connectivity index (χ0) is 14.1. The number of aromatic carboxylic acids is 1. The van der Waals surface area contributed by atoms with Crippen LogP contribution in [0, 0.1) is 6.92 Å². The van der Waals surface area contributed by atoms with Crippen LogP contribution >= 0.6 is 22.7 Å². The van der Waals surface area contributed by atoms with Gasteiger partial charge in [0.25, 0.3) is 0 Å². The van der Waals surface area contributed by atoms with Crippen molar-refractivity contribution in [2.75, 3.05) is 0 Å². The van der Waals surface area contributed by atoms with Crippen molar-refractivity contribution < 1.29 is 9.90 Å². The van der Waals surface area contributed by atoms with Crippen molar-refractivity contribution in [1.82, 2.24) is 15.0 Å². The Morgan fingerprint density at radius 2 is 2.05 bits per heavy atom. The van der Waals surface area contributed by atoms with Gasteiger partial charge in [0.1, 0.15) is 16.5 Å². The van der Waals surface area contributed by atoms with Gasteiger partial charge in [-0.25, -0.2) is 19.7 Å². The number of carboxylic acids is 1. The molecule has 0 aliphatic rings.